The molecular weight excluding hydrogens is 184 g/mol. The third-order valence-corrected chi connectivity index (χ3v) is 2.76. The van der Waals surface area contributed by atoms with Crippen molar-refractivity contribution in [1.29, 1.82) is 0 Å². The molecule has 0 aromatic heterocycles. The first-order chi connectivity index (χ1) is 7.10. The molecule has 0 amide bonds. The molecular formula is C14H20O. The average molecular weight is 204 g/mol. The highest BCUT2D eigenvalue weighted by Crippen LogP contribution is 2.33. The number of benzene rings is 1. The van der Waals surface area contributed by atoms with Gasteiger partial charge in [0.15, 0.2) is 0 Å². The Morgan fingerprint density at radius 2 is 2.07 bits per heavy atom. The molecule has 0 saturated heterocycles. The number of allylic oxidation sites excluding steroid dienone is 1. The van der Waals surface area contributed by atoms with Gasteiger partial charge in [-0.1, -0.05) is 37.1 Å². The summed E-state index contributed by atoms with van der Waals surface area (Å²) < 4.78 is 0. The molecule has 1 heteroatoms. The van der Waals surface area contributed by atoms with E-state index in [4.69, 9.17) is 0 Å². The molecule has 1 aromatic carbocycles. The average Bonchev–Trinajstić information content (AvgIpc) is 2.20. The van der Waals surface area contributed by atoms with Crippen LogP contribution in [0.5, 0.6) is 5.75 Å². The third-order valence-electron chi connectivity index (χ3n) is 2.76. The van der Waals surface area contributed by atoms with Crippen molar-refractivity contribution >= 4 is 0 Å². The monoisotopic (exact) mass is 204 g/mol. The fourth-order valence-corrected chi connectivity index (χ4v) is 1.99. The van der Waals surface area contributed by atoms with Crippen molar-refractivity contribution in [2.75, 3.05) is 0 Å². The summed E-state index contributed by atoms with van der Waals surface area (Å²) in [6.07, 6.45) is 4.07. The lowest BCUT2D eigenvalue weighted by atomic mass is 9.91. The molecule has 0 bridgehead atoms. The quantitative estimate of drug-likeness (QED) is 0.733. The van der Waals surface area contributed by atoms with Crippen molar-refractivity contribution in [3.05, 3.63) is 41.5 Å². The minimum Gasteiger partial charge on any atom is -0.507 e. The molecule has 82 valence electrons. The van der Waals surface area contributed by atoms with E-state index in [1.165, 1.54) is 5.56 Å². The van der Waals surface area contributed by atoms with Gasteiger partial charge in [-0.05, 0) is 25.8 Å². The Labute approximate surface area is 92.5 Å². The molecule has 0 aliphatic heterocycles. The lowest BCUT2D eigenvalue weighted by Crippen LogP contribution is -1.97. The minimum absolute atomic E-state index is 0.272. The maximum atomic E-state index is 10.0. The van der Waals surface area contributed by atoms with Gasteiger partial charge in [0, 0.05) is 11.5 Å². The van der Waals surface area contributed by atoms with Gasteiger partial charge < -0.3 is 5.11 Å². The summed E-state index contributed by atoms with van der Waals surface area (Å²) in [6.45, 7) is 9.99. The zero-order valence-electron chi connectivity index (χ0n) is 9.88. The predicted octanol–water partition coefficient (Wildman–Crippen LogP) is 4.08. The van der Waals surface area contributed by atoms with Crippen molar-refractivity contribution in [3.63, 3.8) is 0 Å². The zero-order chi connectivity index (χ0) is 11.4. The molecule has 0 aliphatic rings. The molecule has 0 radical (unpaired) electrons. The lowest BCUT2D eigenvalue weighted by molar-refractivity contribution is 0.459. The Balaban J connectivity index is 3.16. The number of rotatable bonds is 4. The van der Waals surface area contributed by atoms with Gasteiger partial charge >= 0.3 is 0 Å². The summed E-state index contributed by atoms with van der Waals surface area (Å²) in [4.78, 5) is 0. The van der Waals surface area contributed by atoms with Crippen LogP contribution >= 0.6 is 0 Å². The molecule has 0 saturated carbocycles. The summed E-state index contributed by atoms with van der Waals surface area (Å²) in [5, 5.41) is 10.0. The highest BCUT2D eigenvalue weighted by Gasteiger charge is 2.13. The molecule has 0 heterocycles. The van der Waals surface area contributed by atoms with E-state index in [9.17, 15) is 5.11 Å². The number of aromatic hydroxyl groups is 1. The number of hydrogen-bond donors (Lipinski definition) is 1. The highest BCUT2D eigenvalue weighted by molar-refractivity contribution is 5.45. The normalized spacial score (nSPS) is 12.5. The van der Waals surface area contributed by atoms with Crippen LogP contribution in [-0.4, -0.2) is 5.11 Å². The molecule has 15 heavy (non-hydrogen) atoms. The zero-order valence-corrected chi connectivity index (χ0v) is 9.88. The number of hydrogen-bond acceptors (Lipinski definition) is 1. The van der Waals surface area contributed by atoms with Crippen LogP contribution in [0.4, 0.5) is 0 Å². The fraction of sp³-hybridized carbons (Fsp3) is 0.429. The third kappa shape index (κ3) is 2.62. The minimum atomic E-state index is 0.272. The predicted molar refractivity (Wildman–Crippen MR) is 65.4 cm³/mol. The largest absolute Gasteiger partial charge is 0.507 e. The molecule has 0 aliphatic carbocycles. The van der Waals surface area contributed by atoms with Crippen molar-refractivity contribution in [1.82, 2.24) is 0 Å². The number of phenolic OH excluding ortho intramolecular Hbond substituents is 1. The second-order valence-electron chi connectivity index (χ2n) is 4.15. The van der Waals surface area contributed by atoms with Crippen LogP contribution in [0.1, 0.15) is 42.4 Å². The number of aryl methyl sites for hydroxylation is 2. The van der Waals surface area contributed by atoms with E-state index in [-0.39, 0.29) is 5.92 Å². The van der Waals surface area contributed by atoms with Crippen LogP contribution < -0.4 is 0 Å². The second-order valence-corrected chi connectivity index (χ2v) is 4.15. The van der Waals surface area contributed by atoms with Crippen molar-refractivity contribution in [3.8, 4) is 5.75 Å². The van der Waals surface area contributed by atoms with Gasteiger partial charge in [-0.2, -0.15) is 0 Å². The van der Waals surface area contributed by atoms with E-state index < -0.39 is 0 Å². The van der Waals surface area contributed by atoms with Crippen LogP contribution in [0.2, 0.25) is 0 Å². The van der Waals surface area contributed by atoms with Gasteiger partial charge in [-0.25, -0.2) is 0 Å². The molecule has 0 fully saturated rings. The van der Waals surface area contributed by atoms with Crippen LogP contribution in [0, 0.1) is 13.8 Å². The van der Waals surface area contributed by atoms with Crippen LogP contribution in [0.25, 0.3) is 0 Å². The summed E-state index contributed by atoms with van der Waals surface area (Å²) in [5.74, 6) is 0.701. The summed E-state index contributed by atoms with van der Waals surface area (Å²) in [7, 11) is 0. The first-order valence-corrected chi connectivity index (χ1v) is 5.52. The second kappa shape index (κ2) is 5.01. The first-order valence-electron chi connectivity index (χ1n) is 5.52. The Kier molecular flexibility index (Phi) is 3.96. The fourth-order valence-electron chi connectivity index (χ4n) is 1.99. The molecule has 1 aromatic rings. The molecule has 1 rings (SSSR count). The Morgan fingerprint density at radius 1 is 1.40 bits per heavy atom. The van der Waals surface area contributed by atoms with E-state index in [0.29, 0.717) is 5.75 Å². The van der Waals surface area contributed by atoms with Gasteiger partial charge in [-0.15, -0.1) is 6.58 Å². The summed E-state index contributed by atoms with van der Waals surface area (Å²) in [6, 6.07) is 4.06. The van der Waals surface area contributed by atoms with Crippen molar-refractivity contribution in [2.45, 2.75) is 39.5 Å². The molecule has 0 spiro atoms. The van der Waals surface area contributed by atoms with E-state index >= 15 is 0 Å². The van der Waals surface area contributed by atoms with E-state index in [1.54, 1.807) is 0 Å². The van der Waals surface area contributed by atoms with Gasteiger partial charge in [0.25, 0.3) is 0 Å². The van der Waals surface area contributed by atoms with Gasteiger partial charge in [0.2, 0.25) is 0 Å². The maximum absolute atomic E-state index is 10.0. The van der Waals surface area contributed by atoms with Crippen molar-refractivity contribution in [2.24, 2.45) is 0 Å². The van der Waals surface area contributed by atoms with E-state index in [0.717, 1.165) is 24.0 Å². The maximum Gasteiger partial charge on any atom is 0.122 e. The van der Waals surface area contributed by atoms with Crippen LogP contribution in [-0.2, 0) is 0 Å². The van der Waals surface area contributed by atoms with Gasteiger partial charge in [0.1, 0.15) is 5.75 Å². The standard InChI is InChI=1S/C14H20O/c1-5-7-12(6-2)13-9-10(3)8-11(4)14(13)15/h6,8-9,12,15H,2,5,7H2,1,3-4H3. The molecule has 1 unspecified atom stereocenters. The Hall–Kier alpha value is -1.24. The molecule has 1 nitrogen and oxygen atoms in total. The smallest absolute Gasteiger partial charge is 0.122 e. The summed E-state index contributed by atoms with van der Waals surface area (Å²) >= 11 is 0. The first kappa shape index (κ1) is 11.8. The van der Waals surface area contributed by atoms with E-state index in [1.807, 2.05) is 19.1 Å². The van der Waals surface area contributed by atoms with Crippen LogP contribution in [0.15, 0.2) is 24.8 Å². The Bertz CT molecular complexity index is 353. The lowest BCUT2D eigenvalue weighted by Gasteiger charge is -2.16. The van der Waals surface area contributed by atoms with Crippen molar-refractivity contribution < 1.29 is 5.11 Å². The summed E-state index contributed by atoms with van der Waals surface area (Å²) in [5.41, 5.74) is 3.17. The Morgan fingerprint density at radius 3 is 2.60 bits per heavy atom. The highest BCUT2D eigenvalue weighted by atomic mass is 16.3. The van der Waals surface area contributed by atoms with Gasteiger partial charge in [-0.3, -0.25) is 0 Å². The topological polar surface area (TPSA) is 20.2 Å². The molecule has 1 atom stereocenters. The van der Waals surface area contributed by atoms with Gasteiger partial charge in [0.05, 0.1) is 0 Å². The molecule has 1 N–H and O–H groups in total. The van der Waals surface area contributed by atoms with E-state index in [2.05, 4.69) is 26.5 Å². The number of phenols is 1. The SMILES string of the molecule is C=CC(CCC)c1cc(C)cc(C)c1O. The van der Waals surface area contributed by atoms with Crippen LogP contribution in [0.3, 0.4) is 0 Å².